The molecule has 3 aliphatic heterocycles. The van der Waals surface area contributed by atoms with Gasteiger partial charge in [0, 0.05) is 18.1 Å². The molecule has 3 atom stereocenters. The maximum Gasteiger partial charge on any atom is 0.248 e. The van der Waals surface area contributed by atoms with E-state index in [9.17, 15) is 4.79 Å². The summed E-state index contributed by atoms with van der Waals surface area (Å²) in [5.74, 6) is 0.212. The lowest BCUT2D eigenvalue weighted by Crippen LogP contribution is -2.61. The van der Waals surface area contributed by atoms with E-state index in [1.165, 1.54) is 25.7 Å². The molecule has 4 heteroatoms. The minimum atomic E-state index is -0.0203. The van der Waals surface area contributed by atoms with E-state index in [1.54, 1.807) is 0 Å². The van der Waals surface area contributed by atoms with Crippen LogP contribution >= 0.6 is 0 Å². The zero-order valence-electron chi connectivity index (χ0n) is 10.2. The first-order valence-corrected chi connectivity index (χ1v) is 6.94. The highest BCUT2D eigenvalue weighted by atomic mass is 16.5. The van der Waals surface area contributed by atoms with Gasteiger partial charge >= 0.3 is 0 Å². The first kappa shape index (κ1) is 10.3. The molecule has 2 bridgehead atoms. The van der Waals surface area contributed by atoms with Gasteiger partial charge in [-0.3, -0.25) is 4.79 Å². The number of nitrogens with one attached hydrogen (secondary N) is 1. The van der Waals surface area contributed by atoms with Crippen LogP contribution in [-0.4, -0.2) is 47.7 Å². The van der Waals surface area contributed by atoms with Crippen LogP contribution in [0.25, 0.3) is 0 Å². The summed E-state index contributed by atoms with van der Waals surface area (Å²) in [4.78, 5) is 14.0. The third-order valence-electron chi connectivity index (χ3n) is 4.84. The molecule has 17 heavy (non-hydrogen) atoms. The molecule has 3 heterocycles. The van der Waals surface area contributed by atoms with E-state index >= 15 is 0 Å². The molecule has 0 aromatic heterocycles. The lowest BCUT2D eigenvalue weighted by atomic mass is 9.85. The van der Waals surface area contributed by atoms with Crippen LogP contribution in [0.5, 0.6) is 0 Å². The molecule has 0 aromatic rings. The Labute approximate surface area is 102 Å². The monoisotopic (exact) mass is 236 g/mol. The summed E-state index contributed by atoms with van der Waals surface area (Å²) in [7, 11) is 0. The first-order chi connectivity index (χ1) is 8.24. The van der Waals surface area contributed by atoms with E-state index < -0.39 is 0 Å². The summed E-state index contributed by atoms with van der Waals surface area (Å²) in [5.41, 5.74) is -0.0203. The van der Waals surface area contributed by atoms with Gasteiger partial charge in [-0.05, 0) is 38.5 Å². The number of carbonyl (C=O) groups is 1. The second kappa shape index (κ2) is 3.45. The molecule has 1 aliphatic carbocycles. The highest BCUT2D eigenvalue weighted by molar-refractivity contribution is 5.79. The largest absolute Gasteiger partial charge is 0.363 e. The van der Waals surface area contributed by atoms with Crippen LogP contribution in [0.2, 0.25) is 0 Å². The molecule has 1 N–H and O–H groups in total. The van der Waals surface area contributed by atoms with E-state index in [4.69, 9.17) is 4.74 Å². The molecular formula is C13H20N2O2. The summed E-state index contributed by atoms with van der Waals surface area (Å²) in [6.07, 6.45) is 7.17. The highest BCUT2D eigenvalue weighted by Gasteiger charge is 2.50. The van der Waals surface area contributed by atoms with Gasteiger partial charge in [0.2, 0.25) is 5.91 Å². The molecule has 0 aromatic carbocycles. The average Bonchev–Trinajstić information content (AvgIpc) is 3.09. The summed E-state index contributed by atoms with van der Waals surface area (Å²) in [6.45, 7) is 1.17. The van der Waals surface area contributed by atoms with Crippen molar-refractivity contribution in [2.24, 2.45) is 0 Å². The molecule has 1 amide bonds. The van der Waals surface area contributed by atoms with Crippen LogP contribution in [0.15, 0.2) is 0 Å². The van der Waals surface area contributed by atoms with Gasteiger partial charge in [0.25, 0.3) is 0 Å². The van der Waals surface area contributed by atoms with E-state index in [0.717, 1.165) is 19.4 Å². The summed E-state index contributed by atoms with van der Waals surface area (Å²) < 4.78 is 5.98. The van der Waals surface area contributed by atoms with Crippen molar-refractivity contribution in [1.82, 2.24) is 10.2 Å². The Morgan fingerprint density at radius 3 is 2.53 bits per heavy atom. The fourth-order valence-electron chi connectivity index (χ4n) is 3.91. The van der Waals surface area contributed by atoms with Crippen LogP contribution in [0, 0.1) is 0 Å². The number of amides is 1. The Morgan fingerprint density at radius 2 is 1.88 bits per heavy atom. The number of fused-ring (bicyclic) bond motifs is 2. The SMILES string of the molecule is O=C1COC2(C[C@H]3CC[C@@H](C2)N3)CN1C1CC1. The number of carbonyl (C=O) groups excluding carboxylic acids is 1. The Kier molecular flexibility index (Phi) is 2.10. The summed E-state index contributed by atoms with van der Waals surface area (Å²) in [5, 5.41) is 3.65. The number of morpholine rings is 1. The maximum atomic E-state index is 11.9. The van der Waals surface area contributed by atoms with Crippen molar-refractivity contribution in [3.8, 4) is 0 Å². The predicted molar refractivity (Wildman–Crippen MR) is 62.6 cm³/mol. The third kappa shape index (κ3) is 1.69. The molecule has 4 fully saturated rings. The number of hydrogen-bond acceptors (Lipinski definition) is 3. The predicted octanol–water partition coefficient (Wildman–Crippen LogP) is 0.661. The van der Waals surface area contributed by atoms with E-state index in [1.807, 2.05) is 0 Å². The zero-order chi connectivity index (χ0) is 11.5. The normalized spacial score (nSPS) is 45.6. The molecule has 4 aliphatic rings. The van der Waals surface area contributed by atoms with Gasteiger partial charge in [-0.1, -0.05) is 0 Å². The fraction of sp³-hybridized carbons (Fsp3) is 0.923. The van der Waals surface area contributed by atoms with Crippen molar-refractivity contribution < 1.29 is 9.53 Å². The average molecular weight is 236 g/mol. The maximum absolute atomic E-state index is 11.9. The van der Waals surface area contributed by atoms with Crippen molar-refractivity contribution in [3.63, 3.8) is 0 Å². The van der Waals surface area contributed by atoms with Crippen molar-refractivity contribution in [2.45, 2.75) is 62.3 Å². The van der Waals surface area contributed by atoms with E-state index in [-0.39, 0.29) is 11.5 Å². The van der Waals surface area contributed by atoms with Crippen molar-refractivity contribution in [1.29, 1.82) is 0 Å². The molecule has 4 nitrogen and oxygen atoms in total. The van der Waals surface area contributed by atoms with Crippen LogP contribution in [0.3, 0.4) is 0 Å². The van der Waals surface area contributed by atoms with Gasteiger partial charge in [-0.25, -0.2) is 0 Å². The number of piperidine rings is 1. The minimum Gasteiger partial charge on any atom is -0.363 e. The number of nitrogens with zero attached hydrogens (tertiary/aromatic N) is 1. The van der Waals surface area contributed by atoms with E-state index in [0.29, 0.717) is 24.7 Å². The van der Waals surface area contributed by atoms with Gasteiger partial charge in [-0.2, -0.15) is 0 Å². The van der Waals surface area contributed by atoms with Crippen molar-refractivity contribution >= 4 is 5.91 Å². The second-order valence-electron chi connectivity index (χ2n) is 6.27. The van der Waals surface area contributed by atoms with Crippen LogP contribution in [0.4, 0.5) is 0 Å². The molecule has 1 saturated carbocycles. The Morgan fingerprint density at radius 1 is 1.18 bits per heavy atom. The molecule has 0 radical (unpaired) electrons. The Hall–Kier alpha value is -0.610. The van der Waals surface area contributed by atoms with Crippen LogP contribution in [-0.2, 0) is 9.53 Å². The Balaban J connectivity index is 1.55. The number of ether oxygens (including phenoxy) is 1. The molecular weight excluding hydrogens is 216 g/mol. The van der Waals surface area contributed by atoms with Crippen LogP contribution in [0.1, 0.15) is 38.5 Å². The topological polar surface area (TPSA) is 41.6 Å². The molecule has 1 unspecified atom stereocenters. The van der Waals surface area contributed by atoms with Crippen LogP contribution < -0.4 is 5.32 Å². The third-order valence-corrected chi connectivity index (χ3v) is 4.84. The van der Waals surface area contributed by atoms with Gasteiger partial charge < -0.3 is 15.0 Å². The standard InChI is InChI=1S/C13H20N2O2/c16-12-7-17-13(8-15(12)11-3-4-11)5-9-1-2-10(6-13)14-9/h9-11,14H,1-8H2/t9-,10+,13?. The summed E-state index contributed by atoms with van der Waals surface area (Å²) >= 11 is 0. The molecule has 4 rings (SSSR count). The quantitative estimate of drug-likeness (QED) is 0.727. The van der Waals surface area contributed by atoms with Gasteiger partial charge in [0.15, 0.2) is 0 Å². The van der Waals surface area contributed by atoms with Crippen molar-refractivity contribution in [2.75, 3.05) is 13.2 Å². The molecule has 3 saturated heterocycles. The Bertz CT molecular complexity index is 341. The molecule has 1 spiro atoms. The smallest absolute Gasteiger partial charge is 0.248 e. The number of hydrogen-bond donors (Lipinski definition) is 1. The van der Waals surface area contributed by atoms with Crippen molar-refractivity contribution in [3.05, 3.63) is 0 Å². The highest BCUT2D eigenvalue weighted by Crippen LogP contribution is 2.41. The minimum absolute atomic E-state index is 0.0203. The molecule has 94 valence electrons. The van der Waals surface area contributed by atoms with Gasteiger partial charge in [-0.15, -0.1) is 0 Å². The van der Waals surface area contributed by atoms with Gasteiger partial charge in [0.1, 0.15) is 6.61 Å². The fourth-order valence-corrected chi connectivity index (χ4v) is 3.91. The lowest BCUT2D eigenvalue weighted by molar-refractivity contribution is -0.171. The zero-order valence-corrected chi connectivity index (χ0v) is 10.2. The van der Waals surface area contributed by atoms with E-state index in [2.05, 4.69) is 10.2 Å². The first-order valence-electron chi connectivity index (χ1n) is 6.94. The summed E-state index contributed by atoms with van der Waals surface area (Å²) in [6, 6.07) is 1.79. The number of rotatable bonds is 1. The second-order valence-corrected chi connectivity index (χ2v) is 6.27. The van der Waals surface area contributed by atoms with Gasteiger partial charge in [0.05, 0.1) is 12.1 Å². The lowest BCUT2D eigenvalue weighted by Gasteiger charge is -2.47.